The lowest BCUT2D eigenvalue weighted by Crippen LogP contribution is -2.75. The highest BCUT2D eigenvalue weighted by molar-refractivity contribution is 5.29. The van der Waals surface area contributed by atoms with E-state index in [4.69, 9.17) is 11.5 Å². The van der Waals surface area contributed by atoms with Crippen molar-refractivity contribution in [2.24, 2.45) is 40.1 Å². The van der Waals surface area contributed by atoms with Crippen LogP contribution in [0.4, 0.5) is 0 Å². The number of aliphatic imine (C=N–C) groups is 1. The van der Waals surface area contributed by atoms with Gasteiger partial charge in [-0.1, -0.05) is 0 Å². The van der Waals surface area contributed by atoms with Crippen molar-refractivity contribution >= 4 is 6.72 Å². The van der Waals surface area contributed by atoms with Gasteiger partial charge in [0.05, 0.1) is 5.54 Å². The van der Waals surface area contributed by atoms with Crippen LogP contribution in [0.5, 0.6) is 0 Å². The molecular weight excluding hydrogens is 198 g/mol. The molecule has 4 bridgehead atoms. The minimum Gasteiger partial charge on any atom is -0.322 e. The molecule has 0 aromatic heterocycles. The molecule has 1 unspecified atom stereocenters. The molecule has 0 aromatic carbocycles. The van der Waals surface area contributed by atoms with Crippen LogP contribution in [0.2, 0.25) is 0 Å². The van der Waals surface area contributed by atoms with Gasteiger partial charge >= 0.3 is 0 Å². The molecule has 4 fully saturated rings. The fourth-order valence-corrected chi connectivity index (χ4v) is 4.93. The standard InChI is InChI=1S/C13H23N3/c1-12(14,16-2)13(15)10-4-8-3-9(6-10)7-11(13)5-8/h8-11H,2-7,14-15H2,1H3. The summed E-state index contributed by atoms with van der Waals surface area (Å²) in [6, 6.07) is 0. The van der Waals surface area contributed by atoms with Gasteiger partial charge in [-0.05, 0) is 69.4 Å². The second kappa shape index (κ2) is 3.08. The van der Waals surface area contributed by atoms with E-state index in [9.17, 15) is 0 Å². The topological polar surface area (TPSA) is 64.4 Å². The fourth-order valence-electron chi connectivity index (χ4n) is 4.93. The summed E-state index contributed by atoms with van der Waals surface area (Å²) in [6.45, 7) is 5.62. The molecule has 4 aliphatic rings. The summed E-state index contributed by atoms with van der Waals surface area (Å²) in [4.78, 5) is 4.14. The maximum absolute atomic E-state index is 6.72. The van der Waals surface area contributed by atoms with E-state index in [1.54, 1.807) is 0 Å². The normalized spacial score (nSPS) is 53.7. The first kappa shape index (κ1) is 10.7. The molecule has 0 radical (unpaired) electrons. The van der Waals surface area contributed by atoms with Gasteiger partial charge in [0.1, 0.15) is 5.66 Å². The Hall–Kier alpha value is -0.410. The maximum Gasteiger partial charge on any atom is 0.123 e. The van der Waals surface area contributed by atoms with Crippen molar-refractivity contribution in [1.82, 2.24) is 0 Å². The smallest absolute Gasteiger partial charge is 0.123 e. The van der Waals surface area contributed by atoms with E-state index in [0.29, 0.717) is 11.8 Å². The molecule has 0 aromatic rings. The van der Waals surface area contributed by atoms with Crippen molar-refractivity contribution in [2.75, 3.05) is 0 Å². The Bertz CT molecular complexity index is 293. The molecule has 0 saturated heterocycles. The number of nitrogens with two attached hydrogens (primary N) is 2. The molecule has 0 amide bonds. The van der Waals surface area contributed by atoms with Gasteiger partial charge in [0.15, 0.2) is 0 Å². The van der Waals surface area contributed by atoms with E-state index in [-0.39, 0.29) is 5.54 Å². The molecule has 4 N–H and O–H groups in total. The quantitative estimate of drug-likeness (QED) is 0.694. The van der Waals surface area contributed by atoms with Crippen molar-refractivity contribution in [3.8, 4) is 0 Å². The number of rotatable bonds is 2. The van der Waals surface area contributed by atoms with Crippen LogP contribution >= 0.6 is 0 Å². The molecule has 3 nitrogen and oxygen atoms in total. The lowest BCUT2D eigenvalue weighted by molar-refractivity contribution is -0.0846. The van der Waals surface area contributed by atoms with Gasteiger partial charge in [0.25, 0.3) is 0 Å². The third kappa shape index (κ3) is 1.13. The molecule has 4 rings (SSSR count). The first-order valence-electron chi connectivity index (χ1n) is 6.53. The van der Waals surface area contributed by atoms with Crippen LogP contribution in [-0.4, -0.2) is 17.9 Å². The minimum absolute atomic E-state index is 0.303. The average molecular weight is 221 g/mol. The lowest BCUT2D eigenvalue weighted by atomic mass is 9.46. The van der Waals surface area contributed by atoms with E-state index in [0.717, 1.165) is 11.8 Å². The molecule has 0 aliphatic heterocycles. The number of hydrogen-bond acceptors (Lipinski definition) is 3. The molecule has 3 heteroatoms. The Balaban J connectivity index is 1.99. The van der Waals surface area contributed by atoms with Gasteiger partial charge in [0.2, 0.25) is 0 Å². The summed E-state index contributed by atoms with van der Waals surface area (Å²) in [5, 5.41) is 0. The van der Waals surface area contributed by atoms with Gasteiger partial charge in [-0.25, -0.2) is 0 Å². The van der Waals surface area contributed by atoms with Crippen LogP contribution in [0.25, 0.3) is 0 Å². The van der Waals surface area contributed by atoms with Crippen molar-refractivity contribution in [2.45, 2.75) is 50.2 Å². The molecule has 4 saturated carbocycles. The fraction of sp³-hybridized carbons (Fsp3) is 0.923. The Morgan fingerprint density at radius 1 is 1.12 bits per heavy atom. The summed E-state index contributed by atoms with van der Waals surface area (Å²) in [7, 11) is 0. The summed E-state index contributed by atoms with van der Waals surface area (Å²) < 4.78 is 0. The van der Waals surface area contributed by atoms with Crippen LogP contribution in [0.3, 0.4) is 0 Å². The Morgan fingerprint density at radius 3 is 1.94 bits per heavy atom. The van der Waals surface area contributed by atoms with Crippen molar-refractivity contribution in [3.05, 3.63) is 0 Å². The highest BCUT2D eigenvalue weighted by Crippen LogP contribution is 2.59. The third-order valence-electron chi connectivity index (χ3n) is 5.69. The van der Waals surface area contributed by atoms with Crippen LogP contribution < -0.4 is 11.5 Å². The Labute approximate surface area is 97.7 Å². The van der Waals surface area contributed by atoms with Gasteiger partial charge in [0, 0.05) is 0 Å². The maximum atomic E-state index is 6.72. The molecule has 90 valence electrons. The molecule has 1 atom stereocenters. The third-order valence-corrected chi connectivity index (χ3v) is 5.69. The molecule has 0 spiro atoms. The Kier molecular flexibility index (Phi) is 2.06. The van der Waals surface area contributed by atoms with E-state index in [1.165, 1.54) is 32.1 Å². The van der Waals surface area contributed by atoms with Gasteiger partial charge in [-0.3, -0.25) is 4.99 Å². The summed E-state index contributed by atoms with van der Waals surface area (Å²) in [5.74, 6) is 2.98. The predicted octanol–water partition coefficient (Wildman–Crippen LogP) is 1.52. The molecule has 4 aliphatic carbocycles. The summed E-state index contributed by atoms with van der Waals surface area (Å²) >= 11 is 0. The van der Waals surface area contributed by atoms with E-state index in [1.807, 2.05) is 6.92 Å². The van der Waals surface area contributed by atoms with Crippen molar-refractivity contribution in [1.29, 1.82) is 0 Å². The summed E-state index contributed by atoms with van der Waals surface area (Å²) in [5.41, 5.74) is 12.1. The molecular formula is C13H23N3. The van der Waals surface area contributed by atoms with E-state index in [2.05, 4.69) is 11.7 Å². The SMILES string of the molecule is C=NC(C)(N)C1(N)C2CC3CC(C2)CC1C3. The van der Waals surface area contributed by atoms with Crippen LogP contribution in [0.1, 0.15) is 39.0 Å². The highest BCUT2D eigenvalue weighted by Gasteiger charge is 2.61. The van der Waals surface area contributed by atoms with Crippen LogP contribution in [-0.2, 0) is 0 Å². The Morgan fingerprint density at radius 2 is 1.56 bits per heavy atom. The minimum atomic E-state index is -0.657. The largest absolute Gasteiger partial charge is 0.322 e. The van der Waals surface area contributed by atoms with E-state index < -0.39 is 5.66 Å². The highest BCUT2D eigenvalue weighted by atomic mass is 15.1. The first-order chi connectivity index (χ1) is 7.47. The zero-order chi connectivity index (χ0) is 11.6. The zero-order valence-corrected chi connectivity index (χ0v) is 10.2. The zero-order valence-electron chi connectivity index (χ0n) is 10.2. The van der Waals surface area contributed by atoms with Crippen LogP contribution in [0, 0.1) is 23.7 Å². The summed E-state index contributed by atoms with van der Waals surface area (Å²) in [6.07, 6.45) is 6.52. The molecule has 0 heterocycles. The van der Waals surface area contributed by atoms with E-state index >= 15 is 0 Å². The number of hydrogen-bond donors (Lipinski definition) is 2. The first-order valence-corrected chi connectivity index (χ1v) is 6.53. The second-order valence-electron chi connectivity index (χ2n) is 6.54. The van der Waals surface area contributed by atoms with Gasteiger partial charge in [-0.15, -0.1) is 0 Å². The van der Waals surface area contributed by atoms with Crippen molar-refractivity contribution < 1.29 is 0 Å². The van der Waals surface area contributed by atoms with Crippen molar-refractivity contribution in [3.63, 3.8) is 0 Å². The monoisotopic (exact) mass is 221 g/mol. The second-order valence-corrected chi connectivity index (χ2v) is 6.54. The van der Waals surface area contributed by atoms with Gasteiger partial charge in [-0.2, -0.15) is 0 Å². The predicted molar refractivity (Wildman–Crippen MR) is 66.1 cm³/mol. The van der Waals surface area contributed by atoms with Gasteiger partial charge < -0.3 is 11.5 Å². The average Bonchev–Trinajstić information content (AvgIpc) is 2.24. The number of nitrogens with zero attached hydrogens (tertiary/aromatic N) is 1. The van der Waals surface area contributed by atoms with Crippen LogP contribution in [0.15, 0.2) is 4.99 Å². The lowest BCUT2D eigenvalue weighted by Gasteiger charge is -2.63. The molecule has 16 heavy (non-hydrogen) atoms.